The molecule has 4 aromatic rings. The van der Waals surface area contributed by atoms with Crippen LogP contribution in [-0.4, -0.2) is 29.9 Å². The Labute approximate surface area is 356 Å². The van der Waals surface area contributed by atoms with E-state index in [9.17, 15) is 43.9 Å². The van der Waals surface area contributed by atoms with Crippen LogP contribution in [0.25, 0.3) is 22.3 Å². The van der Waals surface area contributed by atoms with E-state index in [2.05, 4.69) is 35.5 Å². The zero-order valence-corrected chi connectivity index (χ0v) is 34.9. The maximum atomic E-state index is 14.4. The minimum Gasteiger partial charge on any atom is -0.423 e. The topological polar surface area (TPSA) is 58.9 Å². The lowest BCUT2D eigenvalue weighted by molar-refractivity contribution is -0.277. The summed E-state index contributed by atoms with van der Waals surface area (Å²) in [5.41, 5.74) is 5.61. The molecule has 0 bridgehead atoms. The predicted octanol–water partition coefficient (Wildman–Crippen LogP) is 13.3. The van der Waals surface area contributed by atoms with E-state index in [0.717, 1.165) is 55.4 Å². The van der Waals surface area contributed by atoms with Crippen molar-refractivity contribution in [3.8, 4) is 22.6 Å². The molecule has 2 N–H and O–H groups in total. The van der Waals surface area contributed by atoms with Crippen LogP contribution in [0.1, 0.15) is 89.2 Å². The van der Waals surface area contributed by atoms with Gasteiger partial charge in [0, 0.05) is 5.56 Å². The maximum absolute atomic E-state index is 14.4. The number of rotatable bonds is 10. The van der Waals surface area contributed by atoms with E-state index in [4.69, 9.17) is 10.0 Å². The molecule has 0 spiro atoms. The molecule has 324 valence electrons. The molecule has 2 atom stereocenters. The number of benzene rings is 4. The zero-order valence-electron chi connectivity index (χ0n) is 32.8. The normalized spacial score (nSPS) is 16.6. The third-order valence-corrected chi connectivity index (χ3v) is 10.9. The molecular weight excluding hydrogens is 920 g/mol. The summed E-state index contributed by atoms with van der Waals surface area (Å²) >= 11 is 1.43. The van der Waals surface area contributed by atoms with E-state index in [1.54, 1.807) is 24.3 Å². The number of allylic oxidation sites excluding steroid dienone is 4. The summed E-state index contributed by atoms with van der Waals surface area (Å²) in [5, 5.41) is 18.1. The van der Waals surface area contributed by atoms with E-state index in [0.29, 0.717) is 23.0 Å². The molecule has 4 nitrogen and oxygen atoms in total. The Morgan fingerprint density at radius 2 is 1.02 bits per heavy atom. The van der Waals surface area contributed by atoms with Crippen molar-refractivity contribution in [2.75, 3.05) is 0 Å². The Morgan fingerprint density at radius 1 is 0.600 bits per heavy atom. The highest BCUT2D eigenvalue weighted by molar-refractivity contribution is 14.1. The lowest BCUT2D eigenvalue weighted by Crippen LogP contribution is -2.29. The van der Waals surface area contributed by atoms with Crippen molar-refractivity contribution >= 4 is 46.3 Å². The summed E-state index contributed by atoms with van der Waals surface area (Å²) < 4.78 is 132. The van der Waals surface area contributed by atoms with E-state index in [1.165, 1.54) is 77.8 Å². The van der Waals surface area contributed by atoms with Gasteiger partial charge in [-0.25, -0.2) is 17.6 Å². The predicted molar refractivity (Wildman–Crippen MR) is 221 cm³/mol. The lowest BCUT2D eigenvalue weighted by atomic mass is 9.79. The molecule has 60 heavy (non-hydrogen) atoms. The first-order valence-corrected chi connectivity index (χ1v) is 20.5. The highest BCUT2D eigenvalue weighted by Crippen LogP contribution is 2.37. The second-order valence-corrected chi connectivity index (χ2v) is 15.6. The second-order valence-electron chi connectivity index (χ2n) is 14.4. The third-order valence-electron chi connectivity index (χ3n) is 10.1. The Bertz CT molecular complexity index is 2070. The molecule has 0 heterocycles. The molecule has 4 aromatic carbocycles. The molecule has 0 fully saturated rings. The average molecular weight is 965 g/mol. The monoisotopic (exact) mass is 964 g/mol. The Balaban J connectivity index is 0.000000213. The molecule has 2 aliphatic rings. The van der Waals surface area contributed by atoms with Crippen LogP contribution < -0.4 is 14.9 Å². The van der Waals surface area contributed by atoms with Gasteiger partial charge in [0.1, 0.15) is 0 Å². The molecular formula is C44H44BF10IO4. The van der Waals surface area contributed by atoms with Crippen LogP contribution in [0.3, 0.4) is 0 Å². The van der Waals surface area contributed by atoms with Crippen molar-refractivity contribution in [1.29, 1.82) is 0 Å². The van der Waals surface area contributed by atoms with Crippen LogP contribution in [0.5, 0.6) is 11.5 Å². The van der Waals surface area contributed by atoms with E-state index >= 15 is 0 Å². The molecule has 2 unspecified atom stereocenters. The second kappa shape index (κ2) is 22.2. The van der Waals surface area contributed by atoms with Gasteiger partial charge in [-0.15, -0.1) is 26.3 Å². The molecule has 0 radical (unpaired) electrons. The van der Waals surface area contributed by atoms with Gasteiger partial charge < -0.3 is 19.5 Å². The van der Waals surface area contributed by atoms with Gasteiger partial charge in [0.25, 0.3) is 0 Å². The van der Waals surface area contributed by atoms with Crippen molar-refractivity contribution in [3.63, 3.8) is 0 Å². The molecule has 0 aliphatic heterocycles. The summed E-state index contributed by atoms with van der Waals surface area (Å²) in [6.45, 7) is 4.43. The summed E-state index contributed by atoms with van der Waals surface area (Å²) in [7, 11) is -1.37. The zero-order chi connectivity index (χ0) is 44.2. The number of ether oxygens (including phenoxy) is 2. The molecule has 16 heteroatoms. The van der Waals surface area contributed by atoms with Crippen molar-refractivity contribution in [1.82, 2.24) is 0 Å². The Kier molecular flexibility index (Phi) is 18.0. The average Bonchev–Trinajstić information content (AvgIpc) is 3.20. The molecule has 2 aliphatic carbocycles. The largest absolute Gasteiger partial charge is 0.573 e. The minimum absolute atomic E-state index is 0.146. The fourth-order valence-corrected chi connectivity index (χ4v) is 7.48. The first kappa shape index (κ1) is 48.6. The highest BCUT2D eigenvalue weighted by Gasteiger charge is 2.35. The van der Waals surface area contributed by atoms with E-state index in [1.807, 2.05) is 24.3 Å². The highest BCUT2D eigenvalue weighted by atomic mass is 127. The fraction of sp³-hybridized carbons (Fsp3) is 0.364. The van der Waals surface area contributed by atoms with E-state index in [-0.39, 0.29) is 9.13 Å². The van der Waals surface area contributed by atoms with Crippen molar-refractivity contribution < 1.29 is 63.4 Å². The van der Waals surface area contributed by atoms with Gasteiger partial charge in [0.2, 0.25) is 11.5 Å². The van der Waals surface area contributed by atoms with Crippen molar-refractivity contribution in [2.45, 2.75) is 90.8 Å². The quantitative estimate of drug-likeness (QED) is 0.0720. The van der Waals surface area contributed by atoms with Crippen LogP contribution in [-0.2, 0) is 0 Å². The van der Waals surface area contributed by atoms with Crippen LogP contribution >= 0.6 is 22.6 Å². The van der Waals surface area contributed by atoms with Crippen LogP contribution in [0.4, 0.5) is 43.9 Å². The molecule has 0 saturated carbocycles. The van der Waals surface area contributed by atoms with E-state index < -0.39 is 54.6 Å². The van der Waals surface area contributed by atoms with Gasteiger partial charge in [-0.05, 0) is 131 Å². The molecule has 0 aromatic heterocycles. The summed E-state index contributed by atoms with van der Waals surface area (Å²) in [5.74, 6) is -6.81. The van der Waals surface area contributed by atoms with Crippen LogP contribution in [0, 0.1) is 38.7 Å². The molecule has 0 saturated heterocycles. The number of hydrogen-bond acceptors (Lipinski definition) is 4. The standard InChI is InChI=1S/C22H21F5O.C15H21BO2.C7H2F5IO/c1-2-3-14-4-6-15(7-5-14)16-8-10-17(11-9-16)18-12-13-19(23)21(20(18)24)28-22(25,26)27;1-2-3-12-4-6-13(7-5-12)14-8-10-15(11-9-14)16(17)18;8-3-1-2-4(13)5(9)6(3)14-7(10,11)12/h6,8-14H,2-5,7H2,1H3;6,8-12,17-18H,2-5,7H2,1H3;1-2H. The lowest BCUT2D eigenvalue weighted by Gasteiger charge is -2.21. The first-order valence-electron chi connectivity index (χ1n) is 19.4. The molecule has 6 rings (SSSR count). The van der Waals surface area contributed by atoms with Gasteiger partial charge in [0.15, 0.2) is 23.3 Å². The number of halogens is 11. The smallest absolute Gasteiger partial charge is 0.423 e. The minimum atomic E-state index is -5.17. The number of hydrogen-bond donors (Lipinski definition) is 2. The van der Waals surface area contributed by atoms with Gasteiger partial charge in [-0.3, -0.25) is 0 Å². The first-order chi connectivity index (χ1) is 28.3. The van der Waals surface area contributed by atoms with Gasteiger partial charge in [-0.2, -0.15) is 0 Å². The Hall–Kier alpha value is -4.03. The number of alkyl halides is 6. The SMILES string of the molecule is CCCC1CC=C(c2ccc(-c3ccc(F)c(OC(F)(F)F)c3F)cc2)CC1.CCCC1CC=C(c2ccc(B(O)O)cc2)CC1.Fc1ccc(I)c(F)c1OC(F)(F)F. The maximum Gasteiger partial charge on any atom is 0.573 e. The summed E-state index contributed by atoms with van der Waals surface area (Å²) in [6.07, 6.45) is 6.06. The van der Waals surface area contributed by atoms with Gasteiger partial charge in [0.05, 0.1) is 3.57 Å². The van der Waals surface area contributed by atoms with Gasteiger partial charge in [-0.1, -0.05) is 100 Å². The molecule has 0 amide bonds. The summed E-state index contributed by atoms with van der Waals surface area (Å²) in [4.78, 5) is 0. The summed E-state index contributed by atoms with van der Waals surface area (Å²) in [6, 6.07) is 18.0. The fourth-order valence-electron chi connectivity index (χ4n) is 7.06. The third kappa shape index (κ3) is 14.6. The van der Waals surface area contributed by atoms with Crippen molar-refractivity contribution in [3.05, 3.63) is 123 Å². The van der Waals surface area contributed by atoms with Crippen LogP contribution in [0.2, 0.25) is 0 Å². The van der Waals surface area contributed by atoms with Gasteiger partial charge >= 0.3 is 19.8 Å². The Morgan fingerprint density at radius 3 is 1.42 bits per heavy atom. The van der Waals surface area contributed by atoms with Crippen LogP contribution in [0.15, 0.2) is 84.9 Å². The van der Waals surface area contributed by atoms with Crippen molar-refractivity contribution in [2.24, 2.45) is 11.8 Å².